The first-order valence-corrected chi connectivity index (χ1v) is 28.0. The lowest BCUT2D eigenvalue weighted by Gasteiger charge is -2.35. The molecule has 2 aliphatic rings. The first kappa shape index (κ1) is 49.8. The van der Waals surface area contributed by atoms with Crippen LogP contribution in [0.15, 0.2) is 152 Å². The van der Waals surface area contributed by atoms with E-state index in [0.717, 1.165) is 61.4 Å². The molecule has 78 heavy (non-hydrogen) atoms. The first-order chi connectivity index (χ1) is 36.8. The van der Waals surface area contributed by atoms with Gasteiger partial charge in [-0.15, -0.1) is 0 Å². The highest BCUT2D eigenvalue weighted by atomic mass is 16.5. The van der Waals surface area contributed by atoms with Crippen LogP contribution < -0.4 is 21.1 Å². The molecule has 2 aliphatic heterocycles. The summed E-state index contributed by atoms with van der Waals surface area (Å²) < 4.78 is 12.4. The Labute approximate surface area is 460 Å². The van der Waals surface area contributed by atoms with E-state index in [0.29, 0.717) is 17.5 Å². The number of aromatic nitrogens is 5. The Morgan fingerprint density at radius 1 is 0.372 bits per heavy atom. The number of para-hydroxylation sites is 2. The molecule has 0 unspecified atom stereocenters. The number of hydrogen-bond donors (Lipinski definition) is 0. The highest BCUT2D eigenvalue weighted by molar-refractivity contribution is 6.99. The number of hydrogen-bond acceptors (Lipinski definition) is 4. The molecule has 11 aromatic rings. The molecule has 0 fully saturated rings. The lowest BCUT2D eigenvalue weighted by Crippen LogP contribution is -2.58. The Morgan fingerprint density at radius 2 is 0.885 bits per heavy atom. The largest absolute Gasteiger partial charge is 0.458 e. The van der Waals surface area contributed by atoms with Gasteiger partial charge in [0.1, 0.15) is 11.5 Å². The maximum Gasteiger partial charge on any atom is 0.256 e. The van der Waals surface area contributed by atoms with Gasteiger partial charge in [0, 0.05) is 55.5 Å². The van der Waals surface area contributed by atoms with E-state index in [4.69, 9.17) is 19.7 Å². The molecule has 0 radical (unpaired) electrons. The average Bonchev–Trinajstić information content (AvgIpc) is 3.71. The number of rotatable bonds is 4. The van der Waals surface area contributed by atoms with E-state index in [1.807, 2.05) is 0 Å². The van der Waals surface area contributed by atoms with Crippen LogP contribution in [0.3, 0.4) is 0 Å². The molecular weight excluding hydrogens is 950 g/mol. The fourth-order valence-electron chi connectivity index (χ4n) is 12.2. The molecule has 3 aromatic heterocycles. The number of fused-ring (bicyclic) bond motifs is 10. The molecule has 0 atom stereocenters. The molecule has 0 spiro atoms. The van der Waals surface area contributed by atoms with E-state index in [1.165, 1.54) is 66.0 Å². The van der Waals surface area contributed by atoms with E-state index >= 15 is 0 Å². The topological polar surface area (TPSA) is 57.8 Å². The maximum atomic E-state index is 7.36. The molecule has 0 saturated heterocycles. The Hall–Kier alpha value is -7.77. The quantitative estimate of drug-likeness (QED) is 0.165. The van der Waals surface area contributed by atoms with Gasteiger partial charge in [0.05, 0.1) is 22.2 Å². The first-order valence-electron chi connectivity index (χ1n) is 28.0. The van der Waals surface area contributed by atoms with E-state index < -0.39 is 0 Å². The van der Waals surface area contributed by atoms with Crippen LogP contribution in [0.5, 0.6) is 11.5 Å². The second-order valence-corrected chi connectivity index (χ2v) is 27.5. The van der Waals surface area contributed by atoms with Gasteiger partial charge in [-0.1, -0.05) is 207 Å². The summed E-state index contributed by atoms with van der Waals surface area (Å²) in [7, 11) is 0. The van der Waals surface area contributed by atoms with E-state index in [1.54, 1.807) is 0 Å². The highest BCUT2D eigenvalue weighted by Crippen LogP contribution is 2.45. The summed E-state index contributed by atoms with van der Waals surface area (Å²) in [6.45, 7) is 34.3. The lowest BCUT2D eigenvalue weighted by atomic mass is 9.34. The summed E-state index contributed by atoms with van der Waals surface area (Å²) >= 11 is 0. The third-order valence-corrected chi connectivity index (χ3v) is 16.8. The second kappa shape index (κ2) is 16.9. The molecule has 0 bridgehead atoms. The van der Waals surface area contributed by atoms with Crippen molar-refractivity contribution in [1.82, 2.24) is 24.1 Å². The van der Waals surface area contributed by atoms with Crippen molar-refractivity contribution in [3.05, 3.63) is 179 Å². The van der Waals surface area contributed by atoms with Crippen LogP contribution in [0.25, 0.3) is 89.2 Å². The summed E-state index contributed by atoms with van der Waals surface area (Å²) in [4.78, 5) is 16.1. The van der Waals surface area contributed by atoms with Gasteiger partial charge in [0.25, 0.3) is 6.71 Å². The number of ether oxygens (including phenoxy) is 1. The molecular formula is C71H70BN5O. The molecule has 7 heteroatoms. The normalized spacial score (nSPS) is 13.7. The number of nitrogens with zero attached hydrogens (tertiary/aromatic N) is 5. The smallest absolute Gasteiger partial charge is 0.256 e. The van der Waals surface area contributed by atoms with Crippen molar-refractivity contribution >= 4 is 66.7 Å². The minimum atomic E-state index is -0.0863. The van der Waals surface area contributed by atoms with Gasteiger partial charge in [0.2, 0.25) is 0 Å². The third-order valence-electron chi connectivity index (χ3n) is 16.8. The zero-order valence-corrected chi connectivity index (χ0v) is 48.2. The molecule has 5 heterocycles. The van der Waals surface area contributed by atoms with Crippen molar-refractivity contribution in [1.29, 1.82) is 0 Å². The molecule has 13 rings (SSSR count). The van der Waals surface area contributed by atoms with Crippen molar-refractivity contribution in [3.8, 4) is 57.0 Å². The predicted molar refractivity (Wildman–Crippen MR) is 329 cm³/mol. The van der Waals surface area contributed by atoms with E-state index in [-0.39, 0.29) is 33.8 Å². The van der Waals surface area contributed by atoms with Gasteiger partial charge in [-0.05, 0) is 114 Å². The van der Waals surface area contributed by atoms with E-state index in [9.17, 15) is 0 Å². The predicted octanol–water partition coefficient (Wildman–Crippen LogP) is 16.5. The van der Waals surface area contributed by atoms with Crippen LogP contribution in [0, 0.1) is 0 Å². The van der Waals surface area contributed by atoms with Gasteiger partial charge in [-0.25, -0.2) is 15.0 Å². The average molecular weight is 1020 g/mol. The molecule has 0 amide bonds. The van der Waals surface area contributed by atoms with Crippen LogP contribution in [0.4, 0.5) is 0 Å². The fourth-order valence-corrected chi connectivity index (χ4v) is 12.2. The molecule has 0 aliphatic carbocycles. The van der Waals surface area contributed by atoms with Gasteiger partial charge in [-0.3, -0.25) is 0 Å². The van der Waals surface area contributed by atoms with Gasteiger partial charge in [0.15, 0.2) is 17.5 Å². The number of benzene rings is 8. The molecule has 6 nitrogen and oxygen atoms in total. The van der Waals surface area contributed by atoms with Crippen molar-refractivity contribution in [3.63, 3.8) is 0 Å². The summed E-state index contributed by atoms with van der Waals surface area (Å²) in [6, 6.07) is 56.6. The second-order valence-electron chi connectivity index (χ2n) is 27.5. The van der Waals surface area contributed by atoms with Crippen LogP contribution >= 0.6 is 0 Å². The van der Waals surface area contributed by atoms with E-state index in [2.05, 4.69) is 265 Å². The Morgan fingerprint density at radius 3 is 1.50 bits per heavy atom. The van der Waals surface area contributed by atoms with Crippen LogP contribution in [-0.2, 0) is 27.1 Å². The monoisotopic (exact) mass is 1020 g/mol. The Kier molecular flexibility index (Phi) is 10.8. The standard InChI is InChI=1S/C71H70BN5O/c1-67(2,3)43-27-23-41(24-28-43)64-73-65(42-25-29-44(30-26-42)68(4,5)6)75-66(74-64)51-21-18-20-50-49-19-16-17-22-56(49)76(62(50)51)48-39-58-61-60(40-48)78-59-34-32-46(70(10,11)12)37-54(59)72(61)55-38-47(71(13,14)15)36-53-52-35-45(69(7,8)9)31-33-57(52)77(58)63(53)55/h16-40H,1-15H3. The Bertz CT molecular complexity index is 4220. The zero-order valence-electron chi connectivity index (χ0n) is 48.2. The highest BCUT2D eigenvalue weighted by Gasteiger charge is 2.42. The molecule has 388 valence electrons. The SMILES string of the molecule is CC(C)(C)c1ccc(-c2nc(-c3ccc(C(C)(C)C)cc3)nc(-c3cccc4c5ccccc5n(-c5cc6c7c(c5)-n5c8ccc(C(C)(C)C)cc8c8cc(C(C)(C)C)cc(c85)B7c5cc(C(C)(C)C)ccc5O6)c34)n2)cc1. The summed E-state index contributed by atoms with van der Waals surface area (Å²) in [5.41, 5.74) is 19.5. The summed E-state index contributed by atoms with van der Waals surface area (Å²) in [5.74, 6) is 3.64. The van der Waals surface area contributed by atoms with Crippen molar-refractivity contribution in [2.24, 2.45) is 0 Å². The lowest BCUT2D eigenvalue weighted by molar-refractivity contribution is 0.486. The summed E-state index contributed by atoms with van der Waals surface area (Å²) in [6.07, 6.45) is 0. The molecule has 0 N–H and O–H groups in total. The fraction of sp³-hybridized carbons (Fsp3) is 0.282. The van der Waals surface area contributed by atoms with Gasteiger partial charge < -0.3 is 13.9 Å². The minimum Gasteiger partial charge on any atom is -0.458 e. The van der Waals surface area contributed by atoms with Crippen molar-refractivity contribution in [2.45, 2.75) is 131 Å². The van der Waals surface area contributed by atoms with Crippen LogP contribution in [-0.4, -0.2) is 30.8 Å². The molecule has 0 saturated carbocycles. The Balaban J connectivity index is 1.11. The van der Waals surface area contributed by atoms with Crippen LogP contribution in [0.2, 0.25) is 0 Å². The third kappa shape index (κ3) is 7.93. The van der Waals surface area contributed by atoms with Crippen molar-refractivity contribution < 1.29 is 4.74 Å². The van der Waals surface area contributed by atoms with Crippen molar-refractivity contribution in [2.75, 3.05) is 0 Å². The summed E-state index contributed by atoms with van der Waals surface area (Å²) in [5, 5.41) is 4.82. The van der Waals surface area contributed by atoms with Gasteiger partial charge >= 0.3 is 0 Å². The molecule has 8 aromatic carbocycles. The van der Waals surface area contributed by atoms with Gasteiger partial charge in [-0.2, -0.15) is 0 Å². The maximum absolute atomic E-state index is 7.36. The minimum absolute atomic E-state index is 0.00150. The van der Waals surface area contributed by atoms with Crippen LogP contribution in [0.1, 0.15) is 132 Å². The zero-order chi connectivity index (χ0) is 54.7.